The van der Waals surface area contributed by atoms with Crippen molar-refractivity contribution in [2.75, 3.05) is 0 Å². The molecule has 0 aliphatic carbocycles. The van der Waals surface area contributed by atoms with Gasteiger partial charge in [-0.1, -0.05) is 137 Å². The van der Waals surface area contributed by atoms with E-state index in [1.165, 1.54) is 22.3 Å². The third kappa shape index (κ3) is 7.32. The maximum Gasteiger partial charge on any atom is 0.0702 e. The monoisotopic (exact) mass is 473 g/mol. The van der Waals surface area contributed by atoms with Crippen molar-refractivity contribution >= 4 is 17.1 Å². The molecular weight excluding hydrogens is 424 g/mol. The second kappa shape index (κ2) is 12.6. The second-order valence-electron chi connectivity index (χ2n) is 11.7. The molecule has 0 amide bonds. The Morgan fingerprint density at radius 2 is 1.00 bits per heavy atom. The summed E-state index contributed by atoms with van der Waals surface area (Å²) in [5, 5.41) is 5.36. The average Bonchev–Trinajstić information content (AvgIpc) is 2.77. The quantitative estimate of drug-likeness (QED) is 0.307. The van der Waals surface area contributed by atoms with E-state index in [4.69, 9.17) is 10.3 Å². The lowest BCUT2D eigenvalue weighted by Gasteiger charge is -2.36. The van der Waals surface area contributed by atoms with E-state index in [2.05, 4.69) is 126 Å². The zero-order chi connectivity index (χ0) is 26.4. The molecule has 192 valence electrons. The van der Waals surface area contributed by atoms with Gasteiger partial charge in [-0.2, -0.15) is 5.70 Å². The molecule has 35 heavy (non-hydrogen) atoms. The molecule has 2 rings (SSSR count). The van der Waals surface area contributed by atoms with Crippen molar-refractivity contribution in [2.24, 2.45) is 16.8 Å². The van der Waals surface area contributed by atoms with Gasteiger partial charge in [-0.05, 0) is 46.6 Å². The van der Waals surface area contributed by atoms with Crippen LogP contribution in [0.15, 0.2) is 53.2 Å². The van der Waals surface area contributed by atoms with Crippen LogP contribution in [-0.4, -0.2) is 5.71 Å². The number of nitrogens with zero attached hydrogens (tertiary/aromatic N) is 2. The van der Waals surface area contributed by atoms with Gasteiger partial charge in [-0.15, -0.1) is 5.69 Å². The van der Waals surface area contributed by atoms with Gasteiger partial charge in [0.25, 0.3) is 0 Å². The van der Waals surface area contributed by atoms with Crippen LogP contribution in [0.25, 0.3) is 5.32 Å². The highest BCUT2D eigenvalue weighted by Crippen LogP contribution is 2.42. The van der Waals surface area contributed by atoms with E-state index in [-0.39, 0.29) is 0 Å². The highest BCUT2D eigenvalue weighted by atomic mass is 14.9. The molecule has 0 atom stereocenters. The largest absolute Gasteiger partial charge is 0.661 e. The fraction of sp³-hybridized carbons (Fsp3) is 0.545. The molecule has 0 aromatic heterocycles. The number of allylic oxidation sites excluding steroid dienone is 2. The van der Waals surface area contributed by atoms with E-state index in [1.54, 1.807) is 0 Å². The number of benzene rings is 2. The maximum atomic E-state index is 5.36. The Morgan fingerprint density at radius 3 is 1.34 bits per heavy atom. The Balaban J connectivity index is 2.72. The van der Waals surface area contributed by atoms with Crippen molar-refractivity contribution < 1.29 is 0 Å². The molecule has 0 aliphatic heterocycles. The van der Waals surface area contributed by atoms with E-state index in [0.717, 1.165) is 22.8 Å². The first-order valence-electron chi connectivity index (χ1n) is 13.6. The average molecular weight is 474 g/mol. The van der Waals surface area contributed by atoms with E-state index >= 15 is 0 Å². The Labute approximate surface area is 216 Å². The third-order valence-electron chi connectivity index (χ3n) is 6.65. The van der Waals surface area contributed by atoms with Crippen molar-refractivity contribution in [1.82, 2.24) is 0 Å². The minimum atomic E-state index is 0.295. The fourth-order valence-electron chi connectivity index (χ4n) is 4.35. The molecule has 0 saturated carbocycles. The minimum Gasteiger partial charge on any atom is -0.661 e. The molecule has 0 spiro atoms. The Bertz CT molecular complexity index is 981. The Morgan fingerprint density at radius 1 is 0.600 bits per heavy atom. The maximum absolute atomic E-state index is 5.36. The van der Waals surface area contributed by atoms with E-state index in [1.807, 2.05) is 0 Å². The number of rotatable bonds is 10. The van der Waals surface area contributed by atoms with E-state index in [9.17, 15) is 0 Å². The highest BCUT2D eigenvalue weighted by Gasteiger charge is 2.15. The van der Waals surface area contributed by atoms with Gasteiger partial charge < -0.3 is 5.32 Å². The van der Waals surface area contributed by atoms with Gasteiger partial charge in [0, 0.05) is 5.71 Å². The van der Waals surface area contributed by atoms with Crippen molar-refractivity contribution in [2.45, 2.75) is 107 Å². The van der Waals surface area contributed by atoms with Crippen LogP contribution in [0.1, 0.15) is 129 Å². The molecule has 2 aromatic carbocycles. The van der Waals surface area contributed by atoms with Crippen LogP contribution >= 0.6 is 0 Å². The second-order valence-corrected chi connectivity index (χ2v) is 11.7. The lowest BCUT2D eigenvalue weighted by atomic mass is 9.91. The van der Waals surface area contributed by atoms with Crippen LogP contribution in [0.5, 0.6) is 0 Å². The van der Waals surface area contributed by atoms with Crippen molar-refractivity contribution in [3.8, 4) is 0 Å². The molecule has 2 aromatic rings. The molecule has 0 fully saturated rings. The zero-order valence-electron chi connectivity index (χ0n) is 24.4. The molecule has 0 saturated heterocycles. The van der Waals surface area contributed by atoms with Gasteiger partial charge in [0.1, 0.15) is 0 Å². The molecular formula is C33H49N2-. The summed E-state index contributed by atoms with van der Waals surface area (Å²) >= 11 is 0. The number of hydrogen-bond acceptors (Lipinski definition) is 1. The van der Waals surface area contributed by atoms with Crippen molar-refractivity contribution in [3.63, 3.8) is 0 Å². The summed E-state index contributed by atoms with van der Waals surface area (Å²) < 4.78 is 0. The van der Waals surface area contributed by atoms with Crippen LogP contribution < -0.4 is 0 Å². The van der Waals surface area contributed by atoms with Gasteiger partial charge >= 0.3 is 0 Å². The first kappa shape index (κ1) is 28.9. The molecule has 0 radical (unpaired) electrons. The van der Waals surface area contributed by atoms with Crippen LogP contribution in [-0.2, 0) is 0 Å². The van der Waals surface area contributed by atoms with Gasteiger partial charge in [-0.25, -0.2) is 0 Å². The predicted molar refractivity (Wildman–Crippen MR) is 157 cm³/mol. The van der Waals surface area contributed by atoms with Gasteiger partial charge in [0.15, 0.2) is 0 Å². The first-order valence-corrected chi connectivity index (χ1v) is 13.6. The van der Waals surface area contributed by atoms with Crippen molar-refractivity contribution in [1.29, 1.82) is 0 Å². The molecule has 2 nitrogen and oxygen atoms in total. The SMILES string of the molecule is CC(C)C(/C=C(\[N-]c1c(C(C)C)cccc1C(C)C)C(C)C)=Nc1c(C(C)C)cccc1C(C)C. The van der Waals surface area contributed by atoms with Crippen LogP contribution in [0.3, 0.4) is 0 Å². The molecule has 0 heterocycles. The minimum absolute atomic E-state index is 0.295. The molecule has 0 unspecified atom stereocenters. The lowest BCUT2D eigenvalue weighted by molar-refractivity contribution is 0.777. The smallest absolute Gasteiger partial charge is 0.0702 e. The standard InChI is InChI=1S/C33H49N2/c1-20(2)26-15-13-16-27(21(3)4)32(26)34-30(24(9)10)19-31(25(11)12)35-33-28(22(5)6)17-14-18-29(33)23(7)8/h13-25H,1-12H3/q-1/b30-19-,35-31?. The van der Waals surface area contributed by atoms with Gasteiger partial charge in [0.05, 0.1) is 5.69 Å². The Hall–Kier alpha value is -2.35. The molecule has 0 aliphatic rings. The molecule has 0 bridgehead atoms. The van der Waals surface area contributed by atoms with Crippen LogP contribution in [0.2, 0.25) is 0 Å². The molecule has 0 N–H and O–H groups in total. The summed E-state index contributed by atoms with van der Waals surface area (Å²) in [6.45, 7) is 27.0. The summed E-state index contributed by atoms with van der Waals surface area (Å²) in [5.74, 6) is 2.28. The Kier molecular flexibility index (Phi) is 10.4. The summed E-state index contributed by atoms with van der Waals surface area (Å²) in [6, 6.07) is 13.3. The summed E-state index contributed by atoms with van der Waals surface area (Å²) in [7, 11) is 0. The van der Waals surface area contributed by atoms with E-state index in [0.29, 0.717) is 35.5 Å². The third-order valence-corrected chi connectivity index (χ3v) is 6.65. The number of para-hydroxylation sites is 2. The van der Waals surface area contributed by atoms with Crippen LogP contribution in [0, 0.1) is 11.8 Å². The predicted octanol–water partition coefficient (Wildman–Crippen LogP) is 11.2. The highest BCUT2D eigenvalue weighted by molar-refractivity contribution is 5.99. The topological polar surface area (TPSA) is 26.5 Å². The molecule has 2 heteroatoms. The van der Waals surface area contributed by atoms with Gasteiger partial charge in [-0.3, -0.25) is 4.99 Å². The fourth-order valence-corrected chi connectivity index (χ4v) is 4.35. The normalized spacial score (nSPS) is 13.3. The summed E-state index contributed by atoms with van der Waals surface area (Å²) in [5.41, 5.74) is 9.75. The summed E-state index contributed by atoms with van der Waals surface area (Å²) in [6.07, 6.45) is 2.26. The summed E-state index contributed by atoms with van der Waals surface area (Å²) in [4.78, 5) is 5.36. The number of aliphatic imine (C=N–C) groups is 1. The van der Waals surface area contributed by atoms with Gasteiger partial charge in [0.2, 0.25) is 0 Å². The number of hydrogen-bond donors (Lipinski definition) is 0. The zero-order valence-corrected chi connectivity index (χ0v) is 24.4. The van der Waals surface area contributed by atoms with Crippen molar-refractivity contribution in [3.05, 3.63) is 75.7 Å². The van der Waals surface area contributed by atoms with Crippen LogP contribution in [0.4, 0.5) is 11.4 Å². The first-order chi connectivity index (χ1) is 16.3. The van der Waals surface area contributed by atoms with E-state index < -0.39 is 0 Å². The lowest BCUT2D eigenvalue weighted by Crippen LogP contribution is -2.08.